The number of likely N-dealkylation sites (N-methyl/N-ethyl adjacent to an activating group) is 1. The molecular weight excluding hydrogens is 230 g/mol. The number of nitrogens with zero attached hydrogens (tertiary/aromatic N) is 1. The number of aromatic hydroxyl groups is 1. The second-order valence-electron chi connectivity index (χ2n) is 4.57. The Morgan fingerprint density at radius 2 is 2.39 bits per heavy atom. The van der Waals surface area contributed by atoms with Crippen LogP contribution in [-0.2, 0) is 16.0 Å². The van der Waals surface area contributed by atoms with E-state index in [-0.39, 0.29) is 17.6 Å². The number of carbonyl (C=O) groups excluding carboxylic acids is 1. The number of phenolic OH excluding ortho intramolecular Hbond substituents is 1. The molecule has 1 N–H and O–H groups in total. The van der Waals surface area contributed by atoms with E-state index in [9.17, 15) is 9.90 Å². The van der Waals surface area contributed by atoms with Crippen molar-refractivity contribution in [2.75, 3.05) is 26.2 Å². The number of benzene rings is 1. The molecule has 1 atom stereocenters. The van der Waals surface area contributed by atoms with Gasteiger partial charge in [0.25, 0.3) is 0 Å². The summed E-state index contributed by atoms with van der Waals surface area (Å²) in [5, 5.41) is 9.37. The number of ether oxygens (including phenoxy) is 1. The molecule has 1 saturated heterocycles. The summed E-state index contributed by atoms with van der Waals surface area (Å²) in [7, 11) is 0. The van der Waals surface area contributed by atoms with E-state index in [1.54, 1.807) is 18.2 Å². The van der Waals surface area contributed by atoms with Gasteiger partial charge in [-0.15, -0.1) is 0 Å². The Kier molecular flexibility index (Phi) is 4.33. The SMILES string of the molecule is CCN1CCOC(C(=O)Cc2cccc(O)c2)C1. The molecule has 0 radical (unpaired) electrons. The third-order valence-electron chi connectivity index (χ3n) is 3.25. The number of hydrogen-bond acceptors (Lipinski definition) is 4. The van der Waals surface area contributed by atoms with Gasteiger partial charge in [-0.05, 0) is 24.2 Å². The molecule has 1 heterocycles. The highest BCUT2D eigenvalue weighted by molar-refractivity contribution is 5.85. The first-order valence-electron chi connectivity index (χ1n) is 6.33. The number of phenols is 1. The third-order valence-corrected chi connectivity index (χ3v) is 3.25. The Morgan fingerprint density at radius 3 is 3.11 bits per heavy atom. The summed E-state index contributed by atoms with van der Waals surface area (Å²) in [5.41, 5.74) is 0.831. The largest absolute Gasteiger partial charge is 0.508 e. The maximum Gasteiger partial charge on any atom is 0.167 e. The molecule has 18 heavy (non-hydrogen) atoms. The van der Waals surface area contributed by atoms with Crippen molar-refractivity contribution in [2.24, 2.45) is 0 Å². The maximum atomic E-state index is 12.1. The van der Waals surface area contributed by atoms with Crippen molar-refractivity contribution in [1.29, 1.82) is 0 Å². The molecule has 1 unspecified atom stereocenters. The monoisotopic (exact) mass is 249 g/mol. The van der Waals surface area contributed by atoms with Gasteiger partial charge < -0.3 is 9.84 Å². The van der Waals surface area contributed by atoms with Crippen LogP contribution in [0.5, 0.6) is 5.75 Å². The Hall–Kier alpha value is -1.39. The number of carbonyl (C=O) groups is 1. The van der Waals surface area contributed by atoms with Gasteiger partial charge >= 0.3 is 0 Å². The van der Waals surface area contributed by atoms with Gasteiger partial charge in [-0.2, -0.15) is 0 Å². The lowest BCUT2D eigenvalue weighted by Gasteiger charge is -2.31. The summed E-state index contributed by atoms with van der Waals surface area (Å²) in [6.45, 7) is 5.21. The molecule has 0 amide bonds. The van der Waals surface area contributed by atoms with E-state index in [4.69, 9.17) is 4.74 Å². The molecule has 0 aliphatic carbocycles. The highest BCUT2D eigenvalue weighted by Crippen LogP contribution is 2.14. The van der Waals surface area contributed by atoms with Crippen LogP contribution in [0.2, 0.25) is 0 Å². The molecule has 0 spiro atoms. The minimum Gasteiger partial charge on any atom is -0.508 e. The molecule has 0 saturated carbocycles. The van der Waals surface area contributed by atoms with E-state index in [0.29, 0.717) is 19.6 Å². The minimum atomic E-state index is -0.332. The van der Waals surface area contributed by atoms with Crippen molar-refractivity contribution in [3.05, 3.63) is 29.8 Å². The van der Waals surface area contributed by atoms with Crippen LogP contribution in [-0.4, -0.2) is 48.1 Å². The molecule has 4 heteroatoms. The average molecular weight is 249 g/mol. The summed E-state index contributed by atoms with van der Waals surface area (Å²) in [5.74, 6) is 0.277. The normalized spacial score (nSPS) is 20.8. The lowest BCUT2D eigenvalue weighted by molar-refractivity contribution is -0.135. The van der Waals surface area contributed by atoms with Crippen molar-refractivity contribution in [3.63, 3.8) is 0 Å². The first kappa shape index (κ1) is 13.1. The quantitative estimate of drug-likeness (QED) is 0.872. The molecule has 2 rings (SSSR count). The summed E-state index contributed by atoms with van der Waals surface area (Å²) in [4.78, 5) is 14.3. The Balaban J connectivity index is 1.95. The standard InChI is InChI=1S/C14H19NO3/c1-2-15-6-7-18-14(10-15)13(17)9-11-4-3-5-12(16)8-11/h3-5,8,14,16H,2,6-7,9-10H2,1H3. The fourth-order valence-corrected chi connectivity index (χ4v) is 2.17. The third kappa shape index (κ3) is 3.31. The average Bonchev–Trinajstić information content (AvgIpc) is 2.39. The van der Waals surface area contributed by atoms with Gasteiger partial charge in [0.2, 0.25) is 0 Å². The van der Waals surface area contributed by atoms with Gasteiger partial charge in [0, 0.05) is 19.5 Å². The molecule has 4 nitrogen and oxygen atoms in total. The molecule has 1 aromatic rings. The van der Waals surface area contributed by atoms with Crippen molar-refractivity contribution < 1.29 is 14.6 Å². The predicted molar refractivity (Wildman–Crippen MR) is 68.7 cm³/mol. The number of Topliss-reactive ketones (excluding diaryl/α,β-unsaturated/α-hetero) is 1. The van der Waals surface area contributed by atoms with Crippen molar-refractivity contribution in [2.45, 2.75) is 19.4 Å². The lowest BCUT2D eigenvalue weighted by Crippen LogP contribution is -2.46. The Labute approximate surface area is 107 Å². The molecule has 1 fully saturated rings. The summed E-state index contributed by atoms with van der Waals surface area (Å²) in [6.07, 6.45) is -0.0163. The van der Waals surface area contributed by atoms with Gasteiger partial charge in [0.1, 0.15) is 11.9 Å². The van der Waals surface area contributed by atoms with Crippen LogP contribution in [0, 0.1) is 0 Å². The second-order valence-corrected chi connectivity index (χ2v) is 4.57. The summed E-state index contributed by atoms with van der Waals surface area (Å²) < 4.78 is 5.52. The maximum absolute atomic E-state index is 12.1. The van der Waals surface area contributed by atoms with Gasteiger partial charge in [-0.3, -0.25) is 9.69 Å². The number of rotatable bonds is 4. The van der Waals surface area contributed by atoms with Crippen LogP contribution in [0.25, 0.3) is 0 Å². The molecule has 0 bridgehead atoms. The van der Waals surface area contributed by atoms with E-state index >= 15 is 0 Å². The van der Waals surface area contributed by atoms with Gasteiger partial charge in [0.05, 0.1) is 6.61 Å². The Bertz CT molecular complexity index is 419. The highest BCUT2D eigenvalue weighted by Gasteiger charge is 2.25. The van der Waals surface area contributed by atoms with E-state index < -0.39 is 0 Å². The van der Waals surface area contributed by atoms with E-state index in [1.165, 1.54) is 0 Å². The molecule has 1 aliphatic heterocycles. The van der Waals surface area contributed by atoms with Crippen LogP contribution in [0.4, 0.5) is 0 Å². The van der Waals surface area contributed by atoms with Gasteiger partial charge in [0.15, 0.2) is 5.78 Å². The van der Waals surface area contributed by atoms with E-state index in [1.807, 2.05) is 6.07 Å². The molecule has 1 aromatic carbocycles. The number of ketones is 1. The van der Waals surface area contributed by atoms with Crippen LogP contribution >= 0.6 is 0 Å². The van der Waals surface area contributed by atoms with Crippen LogP contribution in [0.3, 0.4) is 0 Å². The van der Waals surface area contributed by atoms with Crippen molar-refractivity contribution in [1.82, 2.24) is 4.90 Å². The van der Waals surface area contributed by atoms with E-state index in [2.05, 4.69) is 11.8 Å². The zero-order valence-corrected chi connectivity index (χ0v) is 10.6. The number of hydrogen-bond donors (Lipinski definition) is 1. The number of morpholine rings is 1. The van der Waals surface area contributed by atoms with Gasteiger partial charge in [-0.25, -0.2) is 0 Å². The minimum absolute atomic E-state index is 0.0822. The second kappa shape index (κ2) is 5.98. The predicted octanol–water partition coefficient (Wildman–Crippen LogP) is 1.22. The molecule has 98 valence electrons. The van der Waals surface area contributed by atoms with Crippen LogP contribution in [0.1, 0.15) is 12.5 Å². The van der Waals surface area contributed by atoms with Crippen molar-refractivity contribution >= 4 is 5.78 Å². The smallest absolute Gasteiger partial charge is 0.167 e. The molecule has 1 aliphatic rings. The van der Waals surface area contributed by atoms with E-state index in [0.717, 1.165) is 18.7 Å². The lowest BCUT2D eigenvalue weighted by atomic mass is 10.0. The highest BCUT2D eigenvalue weighted by atomic mass is 16.5. The fraction of sp³-hybridized carbons (Fsp3) is 0.500. The first-order chi connectivity index (χ1) is 8.69. The van der Waals surface area contributed by atoms with Gasteiger partial charge in [-0.1, -0.05) is 19.1 Å². The topological polar surface area (TPSA) is 49.8 Å². The summed E-state index contributed by atoms with van der Waals surface area (Å²) >= 11 is 0. The first-order valence-corrected chi connectivity index (χ1v) is 6.33. The van der Waals surface area contributed by atoms with Crippen LogP contribution in [0.15, 0.2) is 24.3 Å². The summed E-state index contributed by atoms with van der Waals surface area (Å²) in [6, 6.07) is 6.82. The van der Waals surface area contributed by atoms with Crippen LogP contribution < -0.4 is 0 Å². The Morgan fingerprint density at radius 1 is 1.56 bits per heavy atom. The fourth-order valence-electron chi connectivity index (χ4n) is 2.17. The van der Waals surface area contributed by atoms with Crippen molar-refractivity contribution in [3.8, 4) is 5.75 Å². The molecule has 0 aromatic heterocycles. The molecular formula is C14H19NO3. The zero-order chi connectivity index (χ0) is 13.0. The zero-order valence-electron chi connectivity index (χ0n) is 10.6.